The summed E-state index contributed by atoms with van der Waals surface area (Å²) in [6, 6.07) is 9.88. The minimum atomic E-state index is -0.205. The van der Waals surface area contributed by atoms with E-state index in [0.717, 1.165) is 32.1 Å². The molecule has 2 rings (SSSR count). The largest absolute Gasteiger partial charge is 0.459 e. The van der Waals surface area contributed by atoms with Crippen LogP contribution in [0.25, 0.3) is 0 Å². The molecule has 0 N–H and O–H groups in total. The maximum atomic E-state index is 12.4. The molecule has 1 aliphatic carbocycles. The van der Waals surface area contributed by atoms with Crippen LogP contribution < -0.4 is 0 Å². The zero-order chi connectivity index (χ0) is 19.3. The average Bonchev–Trinajstić information content (AvgIpc) is 2.70. The Morgan fingerprint density at radius 3 is 2.52 bits per heavy atom. The molecule has 0 saturated heterocycles. The van der Waals surface area contributed by atoms with Crippen LogP contribution >= 0.6 is 0 Å². The van der Waals surface area contributed by atoms with E-state index in [1.165, 1.54) is 37.3 Å². The molecular weight excluding hydrogens is 334 g/mol. The predicted octanol–water partition coefficient (Wildman–Crippen LogP) is 6.16. The van der Waals surface area contributed by atoms with Crippen LogP contribution in [0.5, 0.6) is 0 Å². The number of carbonyl (C=O) groups is 1. The summed E-state index contributed by atoms with van der Waals surface area (Å²) in [5.74, 6) is 0.304. The third-order valence-electron chi connectivity index (χ3n) is 5.17. The van der Waals surface area contributed by atoms with E-state index < -0.39 is 0 Å². The normalized spacial score (nSPS) is 20.0. The smallest absolute Gasteiger partial charge is 0.338 e. The number of rotatable bonds is 9. The lowest BCUT2D eigenvalue weighted by molar-refractivity contribution is 0.0185. The number of esters is 1. The molecule has 0 atom stereocenters. The van der Waals surface area contributed by atoms with E-state index in [2.05, 4.69) is 25.1 Å². The SMILES string of the molecule is CCCCCCc1ccc(C(=O)OC2CCC(C=CC=CC#N)CC2)cc1. The predicted molar refractivity (Wildman–Crippen MR) is 109 cm³/mol. The number of unbranched alkanes of at least 4 members (excludes halogenated alkanes) is 3. The van der Waals surface area contributed by atoms with Crippen LogP contribution in [0.15, 0.2) is 48.6 Å². The first-order valence-electron chi connectivity index (χ1n) is 10.3. The first kappa shape index (κ1) is 21.0. The van der Waals surface area contributed by atoms with Crippen molar-refractivity contribution in [1.82, 2.24) is 0 Å². The number of allylic oxidation sites excluding steroid dienone is 4. The lowest BCUT2D eigenvalue weighted by Crippen LogP contribution is -2.24. The van der Waals surface area contributed by atoms with Gasteiger partial charge in [-0.15, -0.1) is 0 Å². The Labute approximate surface area is 163 Å². The number of carbonyl (C=O) groups excluding carboxylic acids is 1. The first-order chi connectivity index (χ1) is 13.2. The van der Waals surface area contributed by atoms with Gasteiger partial charge >= 0.3 is 5.97 Å². The molecule has 1 fully saturated rings. The molecule has 0 aliphatic heterocycles. The summed E-state index contributed by atoms with van der Waals surface area (Å²) in [4.78, 5) is 12.4. The summed E-state index contributed by atoms with van der Waals surface area (Å²) in [7, 11) is 0. The number of ether oxygens (including phenoxy) is 1. The molecular formula is C24H31NO2. The van der Waals surface area contributed by atoms with Gasteiger partial charge in [-0.25, -0.2) is 4.79 Å². The molecule has 144 valence electrons. The lowest BCUT2D eigenvalue weighted by atomic mass is 9.87. The van der Waals surface area contributed by atoms with E-state index in [9.17, 15) is 4.79 Å². The van der Waals surface area contributed by atoms with Gasteiger partial charge in [0, 0.05) is 6.08 Å². The Morgan fingerprint density at radius 1 is 1.11 bits per heavy atom. The van der Waals surface area contributed by atoms with Crippen molar-refractivity contribution in [2.24, 2.45) is 5.92 Å². The van der Waals surface area contributed by atoms with Crippen molar-refractivity contribution in [2.75, 3.05) is 0 Å². The van der Waals surface area contributed by atoms with E-state index >= 15 is 0 Å². The zero-order valence-corrected chi connectivity index (χ0v) is 16.4. The molecule has 3 nitrogen and oxygen atoms in total. The number of benzene rings is 1. The van der Waals surface area contributed by atoms with Crippen molar-refractivity contribution in [2.45, 2.75) is 70.8 Å². The number of nitrogens with zero attached hydrogens (tertiary/aromatic N) is 1. The fraction of sp³-hybridized carbons (Fsp3) is 0.500. The maximum absolute atomic E-state index is 12.4. The van der Waals surface area contributed by atoms with Crippen LogP contribution in [0.1, 0.15) is 74.2 Å². The molecule has 0 unspecified atom stereocenters. The molecule has 0 spiro atoms. The minimum absolute atomic E-state index is 0.0190. The van der Waals surface area contributed by atoms with Crippen molar-refractivity contribution in [3.05, 3.63) is 59.7 Å². The Bertz CT molecular complexity index is 659. The Morgan fingerprint density at radius 2 is 1.85 bits per heavy atom. The van der Waals surface area contributed by atoms with Crippen molar-refractivity contribution >= 4 is 5.97 Å². The second-order valence-electron chi connectivity index (χ2n) is 7.32. The summed E-state index contributed by atoms with van der Waals surface area (Å²) in [6.07, 6.45) is 17.3. The number of nitriles is 1. The summed E-state index contributed by atoms with van der Waals surface area (Å²) in [6.45, 7) is 2.22. The second kappa shape index (κ2) is 12.1. The van der Waals surface area contributed by atoms with E-state index in [1.54, 1.807) is 6.08 Å². The van der Waals surface area contributed by atoms with Crippen molar-refractivity contribution in [3.8, 4) is 6.07 Å². The molecule has 0 radical (unpaired) electrons. The van der Waals surface area contributed by atoms with E-state index in [4.69, 9.17) is 10.00 Å². The van der Waals surface area contributed by atoms with Crippen LogP contribution in [-0.4, -0.2) is 12.1 Å². The van der Waals surface area contributed by atoms with E-state index in [0.29, 0.717) is 11.5 Å². The van der Waals surface area contributed by atoms with Crippen molar-refractivity contribution in [3.63, 3.8) is 0 Å². The van der Waals surface area contributed by atoms with Gasteiger partial charge in [0.2, 0.25) is 0 Å². The van der Waals surface area contributed by atoms with E-state index in [-0.39, 0.29) is 12.1 Å². The highest BCUT2D eigenvalue weighted by atomic mass is 16.5. The number of hydrogen-bond donors (Lipinski definition) is 0. The van der Waals surface area contributed by atoms with Gasteiger partial charge in [0.1, 0.15) is 6.10 Å². The summed E-state index contributed by atoms with van der Waals surface area (Å²) < 4.78 is 5.70. The first-order valence-corrected chi connectivity index (χ1v) is 10.3. The van der Waals surface area contributed by atoms with Crippen LogP contribution in [0.2, 0.25) is 0 Å². The second-order valence-corrected chi connectivity index (χ2v) is 7.32. The highest BCUT2D eigenvalue weighted by Gasteiger charge is 2.23. The molecule has 1 aromatic rings. The summed E-state index contributed by atoms with van der Waals surface area (Å²) >= 11 is 0. The van der Waals surface area contributed by atoms with Gasteiger partial charge < -0.3 is 4.74 Å². The van der Waals surface area contributed by atoms with Gasteiger partial charge in [-0.1, -0.05) is 56.5 Å². The van der Waals surface area contributed by atoms with Crippen LogP contribution in [0, 0.1) is 17.2 Å². The molecule has 3 heteroatoms. The van der Waals surface area contributed by atoms with Crippen molar-refractivity contribution < 1.29 is 9.53 Å². The molecule has 1 aromatic carbocycles. The van der Waals surface area contributed by atoms with E-state index in [1.807, 2.05) is 24.3 Å². The molecule has 1 aliphatic rings. The topological polar surface area (TPSA) is 50.1 Å². The zero-order valence-electron chi connectivity index (χ0n) is 16.4. The summed E-state index contributed by atoms with van der Waals surface area (Å²) in [5, 5.41) is 8.47. The standard InChI is InChI=1S/C24H31NO2/c1-2-3-4-6-9-20-11-15-22(16-12-20)24(26)27-23-17-13-21(14-18-23)10-7-5-8-19-25/h5,7-8,10-12,15-16,21,23H,2-4,6,9,13-14,17-18H2,1H3. The molecule has 0 aromatic heterocycles. The maximum Gasteiger partial charge on any atom is 0.338 e. The Hall–Kier alpha value is -2.34. The van der Waals surface area contributed by atoms with Crippen LogP contribution in [0.3, 0.4) is 0 Å². The molecule has 27 heavy (non-hydrogen) atoms. The van der Waals surface area contributed by atoms with Gasteiger partial charge in [-0.2, -0.15) is 5.26 Å². The van der Waals surface area contributed by atoms with Gasteiger partial charge in [-0.05, 0) is 62.1 Å². The van der Waals surface area contributed by atoms with Gasteiger partial charge in [0.15, 0.2) is 0 Å². The Balaban J connectivity index is 1.73. The van der Waals surface area contributed by atoms with Crippen LogP contribution in [0.4, 0.5) is 0 Å². The number of aryl methyl sites for hydroxylation is 1. The quantitative estimate of drug-likeness (QED) is 0.228. The highest BCUT2D eigenvalue weighted by molar-refractivity contribution is 5.89. The monoisotopic (exact) mass is 365 g/mol. The van der Waals surface area contributed by atoms with Crippen molar-refractivity contribution in [1.29, 1.82) is 5.26 Å². The van der Waals surface area contributed by atoms with Gasteiger partial charge in [0.05, 0.1) is 11.6 Å². The third-order valence-corrected chi connectivity index (χ3v) is 5.17. The highest BCUT2D eigenvalue weighted by Crippen LogP contribution is 2.27. The van der Waals surface area contributed by atoms with Gasteiger partial charge in [-0.3, -0.25) is 0 Å². The molecule has 0 amide bonds. The number of hydrogen-bond acceptors (Lipinski definition) is 3. The summed E-state index contributed by atoms with van der Waals surface area (Å²) in [5.41, 5.74) is 1.94. The van der Waals surface area contributed by atoms with Crippen LogP contribution in [-0.2, 0) is 11.2 Å². The minimum Gasteiger partial charge on any atom is -0.459 e. The fourth-order valence-corrected chi connectivity index (χ4v) is 3.50. The van der Waals surface area contributed by atoms with Gasteiger partial charge in [0.25, 0.3) is 0 Å². The average molecular weight is 366 g/mol. The Kier molecular flexibility index (Phi) is 9.41. The lowest BCUT2D eigenvalue weighted by Gasteiger charge is -2.26. The fourth-order valence-electron chi connectivity index (χ4n) is 3.50. The molecule has 0 heterocycles. The third kappa shape index (κ3) is 7.83. The molecule has 1 saturated carbocycles. The molecule has 0 bridgehead atoms.